The number of thiophene rings is 1. The van der Waals surface area contributed by atoms with E-state index in [4.69, 9.17) is 0 Å². The summed E-state index contributed by atoms with van der Waals surface area (Å²) in [6.45, 7) is 2.55. The van der Waals surface area contributed by atoms with E-state index in [2.05, 4.69) is 31.6 Å². The van der Waals surface area contributed by atoms with Crippen molar-refractivity contribution in [3.63, 3.8) is 0 Å². The molecular weight excluding hydrogens is 366 g/mol. The number of nitrogens with one attached hydrogen (secondary N) is 1. The van der Waals surface area contributed by atoms with Gasteiger partial charge in [0.1, 0.15) is 0 Å². The Morgan fingerprint density at radius 1 is 1.55 bits per heavy atom. The zero-order chi connectivity index (χ0) is 15.5. The van der Waals surface area contributed by atoms with Gasteiger partial charge in [-0.1, -0.05) is 5.21 Å². The Bertz CT molecular complexity index is 649. The van der Waals surface area contributed by atoms with Crippen LogP contribution in [0.3, 0.4) is 0 Å². The second kappa shape index (κ2) is 6.89. The van der Waals surface area contributed by atoms with Crippen LogP contribution in [0, 0.1) is 0 Å². The Kier molecular flexibility index (Phi) is 4.90. The lowest BCUT2D eigenvalue weighted by Crippen LogP contribution is -2.29. The molecule has 0 saturated carbocycles. The summed E-state index contributed by atoms with van der Waals surface area (Å²) in [5.74, 6) is -0.0929. The van der Waals surface area contributed by atoms with Gasteiger partial charge in [-0.2, -0.15) is 0 Å². The molecule has 2 aromatic heterocycles. The number of amides is 1. The highest BCUT2D eigenvalue weighted by atomic mass is 79.9. The van der Waals surface area contributed by atoms with E-state index in [1.165, 1.54) is 0 Å². The third kappa shape index (κ3) is 3.56. The topological polar surface area (TPSA) is 63.1 Å². The van der Waals surface area contributed by atoms with Gasteiger partial charge in [-0.25, -0.2) is 4.68 Å². The van der Waals surface area contributed by atoms with E-state index in [0.717, 1.165) is 35.3 Å². The number of rotatable bonds is 4. The number of carbonyl (C=O) groups is 1. The first-order valence-corrected chi connectivity index (χ1v) is 8.91. The standard InChI is InChI=1S/C14H18BrN5OS/c1-19(7-12-6-10(15)9-22-12)14(21)13-8-20(18-17-13)11-2-4-16-5-3-11/h6,8-9,11,16H,2-5,7H2,1H3. The van der Waals surface area contributed by atoms with E-state index in [1.54, 1.807) is 29.5 Å². The molecule has 22 heavy (non-hydrogen) atoms. The summed E-state index contributed by atoms with van der Waals surface area (Å²) < 4.78 is 2.88. The molecule has 0 aliphatic carbocycles. The summed E-state index contributed by atoms with van der Waals surface area (Å²) in [6, 6.07) is 2.37. The van der Waals surface area contributed by atoms with Gasteiger partial charge in [0.15, 0.2) is 5.69 Å². The van der Waals surface area contributed by atoms with Crippen molar-refractivity contribution in [1.82, 2.24) is 25.2 Å². The van der Waals surface area contributed by atoms with Crippen LogP contribution in [0.5, 0.6) is 0 Å². The van der Waals surface area contributed by atoms with E-state index in [9.17, 15) is 4.79 Å². The van der Waals surface area contributed by atoms with E-state index >= 15 is 0 Å². The number of hydrogen-bond donors (Lipinski definition) is 1. The molecule has 8 heteroatoms. The zero-order valence-electron chi connectivity index (χ0n) is 12.3. The Morgan fingerprint density at radius 3 is 3.00 bits per heavy atom. The molecule has 0 spiro atoms. The van der Waals surface area contributed by atoms with Crippen LogP contribution in [0.25, 0.3) is 0 Å². The Hall–Kier alpha value is -1.25. The van der Waals surface area contributed by atoms with Gasteiger partial charge in [0.25, 0.3) is 5.91 Å². The number of aromatic nitrogens is 3. The number of piperidine rings is 1. The Balaban J connectivity index is 1.65. The van der Waals surface area contributed by atoms with Gasteiger partial charge in [0.05, 0.1) is 18.8 Å². The molecule has 3 heterocycles. The highest BCUT2D eigenvalue weighted by molar-refractivity contribution is 9.10. The van der Waals surface area contributed by atoms with Crippen molar-refractivity contribution in [3.05, 3.63) is 32.7 Å². The van der Waals surface area contributed by atoms with Crippen molar-refractivity contribution in [2.75, 3.05) is 20.1 Å². The lowest BCUT2D eigenvalue weighted by molar-refractivity contribution is 0.0780. The van der Waals surface area contributed by atoms with Crippen LogP contribution in [0.4, 0.5) is 0 Å². The summed E-state index contributed by atoms with van der Waals surface area (Å²) >= 11 is 5.06. The molecule has 1 fully saturated rings. The minimum Gasteiger partial charge on any atom is -0.335 e. The van der Waals surface area contributed by atoms with E-state index < -0.39 is 0 Å². The van der Waals surface area contributed by atoms with E-state index in [0.29, 0.717) is 18.3 Å². The van der Waals surface area contributed by atoms with Crippen molar-refractivity contribution < 1.29 is 4.79 Å². The van der Waals surface area contributed by atoms with Crippen LogP contribution >= 0.6 is 27.3 Å². The fraction of sp³-hybridized carbons (Fsp3) is 0.500. The first-order valence-electron chi connectivity index (χ1n) is 7.24. The van der Waals surface area contributed by atoms with Crippen molar-refractivity contribution in [2.45, 2.75) is 25.4 Å². The average molecular weight is 384 g/mol. The Labute approximate surface area is 141 Å². The molecule has 1 aliphatic heterocycles. The molecule has 1 aliphatic rings. The number of halogens is 1. The molecule has 1 amide bonds. The predicted molar refractivity (Wildman–Crippen MR) is 89.0 cm³/mol. The van der Waals surface area contributed by atoms with Crippen LogP contribution in [0.15, 0.2) is 22.1 Å². The SMILES string of the molecule is CN(Cc1cc(Br)cs1)C(=O)c1cn(C2CCNCC2)nn1. The summed E-state index contributed by atoms with van der Waals surface area (Å²) in [5, 5.41) is 13.5. The van der Waals surface area contributed by atoms with Gasteiger partial charge >= 0.3 is 0 Å². The zero-order valence-corrected chi connectivity index (χ0v) is 14.7. The quantitative estimate of drug-likeness (QED) is 0.879. The first-order chi connectivity index (χ1) is 10.6. The molecule has 0 radical (unpaired) electrons. The van der Waals surface area contributed by atoms with Crippen molar-refractivity contribution in [3.8, 4) is 0 Å². The second-order valence-corrected chi connectivity index (χ2v) is 7.37. The van der Waals surface area contributed by atoms with Crippen molar-refractivity contribution >= 4 is 33.2 Å². The molecule has 0 atom stereocenters. The average Bonchev–Trinajstić information content (AvgIpc) is 3.17. The lowest BCUT2D eigenvalue weighted by Gasteiger charge is -2.22. The molecule has 6 nitrogen and oxygen atoms in total. The molecular formula is C14H18BrN5OS. The van der Waals surface area contributed by atoms with Gasteiger partial charge in [0, 0.05) is 21.8 Å². The maximum Gasteiger partial charge on any atom is 0.276 e. The molecule has 0 unspecified atom stereocenters. The molecule has 3 rings (SSSR count). The largest absolute Gasteiger partial charge is 0.335 e. The molecule has 118 valence electrons. The number of nitrogens with zero attached hydrogens (tertiary/aromatic N) is 4. The third-order valence-electron chi connectivity index (χ3n) is 3.77. The predicted octanol–water partition coefficient (Wildman–Crippen LogP) is 2.30. The third-order valence-corrected chi connectivity index (χ3v) is 5.46. The molecule has 0 aromatic carbocycles. The summed E-state index contributed by atoms with van der Waals surface area (Å²) in [7, 11) is 1.79. The van der Waals surface area contributed by atoms with E-state index in [-0.39, 0.29) is 5.91 Å². The minimum absolute atomic E-state index is 0.0929. The summed E-state index contributed by atoms with van der Waals surface area (Å²) in [4.78, 5) is 15.3. The number of hydrogen-bond acceptors (Lipinski definition) is 5. The normalized spacial score (nSPS) is 15.9. The number of carbonyl (C=O) groups excluding carboxylic acids is 1. The molecule has 1 N–H and O–H groups in total. The molecule has 1 saturated heterocycles. The van der Waals surface area contributed by atoms with Crippen LogP contribution < -0.4 is 5.32 Å². The highest BCUT2D eigenvalue weighted by Gasteiger charge is 2.20. The van der Waals surface area contributed by atoms with Crippen LogP contribution in [0.1, 0.15) is 34.2 Å². The first kappa shape index (κ1) is 15.6. The van der Waals surface area contributed by atoms with Gasteiger partial charge in [-0.15, -0.1) is 16.4 Å². The van der Waals surface area contributed by atoms with Crippen LogP contribution in [-0.4, -0.2) is 45.9 Å². The van der Waals surface area contributed by atoms with Gasteiger partial charge in [-0.3, -0.25) is 4.79 Å². The molecule has 0 bridgehead atoms. The minimum atomic E-state index is -0.0929. The van der Waals surface area contributed by atoms with Gasteiger partial charge in [0.2, 0.25) is 0 Å². The monoisotopic (exact) mass is 383 g/mol. The smallest absolute Gasteiger partial charge is 0.276 e. The molecule has 2 aromatic rings. The van der Waals surface area contributed by atoms with E-state index in [1.807, 2.05) is 16.1 Å². The van der Waals surface area contributed by atoms with Gasteiger partial charge in [-0.05, 0) is 47.9 Å². The second-order valence-electron chi connectivity index (χ2n) is 5.46. The summed E-state index contributed by atoms with van der Waals surface area (Å²) in [6.07, 6.45) is 3.82. The Morgan fingerprint density at radius 2 is 2.32 bits per heavy atom. The maximum atomic E-state index is 12.4. The lowest BCUT2D eigenvalue weighted by atomic mass is 10.1. The van der Waals surface area contributed by atoms with Crippen molar-refractivity contribution in [2.24, 2.45) is 0 Å². The summed E-state index contributed by atoms with van der Waals surface area (Å²) in [5.41, 5.74) is 0.414. The van der Waals surface area contributed by atoms with Crippen molar-refractivity contribution in [1.29, 1.82) is 0 Å². The highest BCUT2D eigenvalue weighted by Crippen LogP contribution is 2.21. The fourth-order valence-electron chi connectivity index (χ4n) is 2.56. The van der Waals surface area contributed by atoms with Gasteiger partial charge < -0.3 is 10.2 Å². The van der Waals surface area contributed by atoms with Crippen LogP contribution in [-0.2, 0) is 6.54 Å². The van der Waals surface area contributed by atoms with Crippen LogP contribution in [0.2, 0.25) is 0 Å². The fourth-order valence-corrected chi connectivity index (χ4v) is 4.07. The maximum absolute atomic E-state index is 12.4.